The molecule has 0 spiro atoms. The number of hydrogen-bond acceptors (Lipinski definition) is 3. The fraction of sp³-hybridized carbons (Fsp3) is 0.222. The van der Waals surface area contributed by atoms with Gasteiger partial charge in [-0.2, -0.15) is 0 Å². The topological polar surface area (TPSA) is 46.2 Å². The predicted octanol–water partition coefficient (Wildman–Crippen LogP) is 4.40. The first-order chi connectivity index (χ1) is 11.5. The molecule has 0 heterocycles. The highest BCUT2D eigenvalue weighted by atomic mass is 35.5. The van der Waals surface area contributed by atoms with Crippen LogP contribution in [0.15, 0.2) is 53.4 Å². The number of carbonyl (C=O) groups is 2. The van der Waals surface area contributed by atoms with Crippen molar-refractivity contribution < 1.29 is 9.59 Å². The summed E-state index contributed by atoms with van der Waals surface area (Å²) in [4.78, 5) is 24.7. The van der Waals surface area contributed by atoms with Crippen LogP contribution in [0.2, 0.25) is 10.0 Å². The average molecular weight is 382 g/mol. The Morgan fingerprint density at radius 2 is 1.83 bits per heavy atom. The Morgan fingerprint density at radius 3 is 2.50 bits per heavy atom. The highest BCUT2D eigenvalue weighted by Crippen LogP contribution is 2.29. The van der Waals surface area contributed by atoms with E-state index in [1.165, 1.54) is 18.7 Å². The molecule has 0 unspecified atom stereocenters. The average Bonchev–Trinajstić information content (AvgIpc) is 2.56. The van der Waals surface area contributed by atoms with Gasteiger partial charge in [0.2, 0.25) is 5.91 Å². The Morgan fingerprint density at radius 1 is 1.12 bits per heavy atom. The summed E-state index contributed by atoms with van der Waals surface area (Å²) < 4.78 is 0. The van der Waals surface area contributed by atoms with Crippen molar-refractivity contribution in [1.82, 2.24) is 5.32 Å². The number of halogens is 2. The number of Topliss-reactive ketones (excluding diaryl/α,β-unsaturated/α-hetero) is 1. The lowest BCUT2D eigenvalue weighted by Crippen LogP contribution is -2.42. The fourth-order valence-electron chi connectivity index (χ4n) is 2.11. The summed E-state index contributed by atoms with van der Waals surface area (Å²) in [6.45, 7) is 1.48. The first-order valence-corrected chi connectivity index (χ1v) is 9.11. The summed E-state index contributed by atoms with van der Waals surface area (Å²) in [5.74, 6) is -0.122. The molecule has 3 nitrogen and oxygen atoms in total. The zero-order valence-electron chi connectivity index (χ0n) is 13.1. The van der Waals surface area contributed by atoms with Crippen LogP contribution in [0.5, 0.6) is 0 Å². The van der Waals surface area contributed by atoms with Crippen LogP contribution < -0.4 is 5.32 Å². The summed E-state index contributed by atoms with van der Waals surface area (Å²) in [6.07, 6.45) is 0.477. The zero-order valence-corrected chi connectivity index (χ0v) is 15.4. The molecule has 2 aromatic rings. The van der Waals surface area contributed by atoms with E-state index in [1.807, 2.05) is 30.3 Å². The molecule has 0 aromatic heterocycles. The largest absolute Gasteiger partial charge is 0.345 e. The van der Waals surface area contributed by atoms with Crippen LogP contribution in [0.4, 0.5) is 0 Å². The second-order valence-electron chi connectivity index (χ2n) is 5.28. The normalized spacial score (nSPS) is 11.8. The van der Waals surface area contributed by atoms with E-state index in [9.17, 15) is 9.59 Å². The maximum atomic E-state index is 12.2. The molecule has 1 amide bonds. The molecule has 1 N–H and O–H groups in total. The number of benzene rings is 2. The van der Waals surface area contributed by atoms with Crippen LogP contribution >= 0.6 is 35.0 Å². The number of hydrogen-bond donors (Lipinski definition) is 1. The molecule has 0 bridgehead atoms. The monoisotopic (exact) mass is 381 g/mol. The first kappa shape index (κ1) is 18.8. The Labute approximate surface area is 155 Å². The lowest BCUT2D eigenvalue weighted by Gasteiger charge is -2.16. The maximum absolute atomic E-state index is 12.2. The molecule has 0 radical (unpaired) electrons. The van der Waals surface area contributed by atoms with E-state index >= 15 is 0 Å². The maximum Gasteiger partial charge on any atom is 0.230 e. The Balaban J connectivity index is 1.93. The summed E-state index contributed by atoms with van der Waals surface area (Å²) in [6, 6.07) is 14.2. The van der Waals surface area contributed by atoms with Crippen LogP contribution in [-0.4, -0.2) is 23.5 Å². The molecule has 126 valence electrons. The van der Waals surface area contributed by atoms with Gasteiger partial charge in [-0.25, -0.2) is 0 Å². The van der Waals surface area contributed by atoms with Gasteiger partial charge in [0.25, 0.3) is 0 Å². The third-order valence-corrected chi connectivity index (χ3v) is 5.09. The smallest absolute Gasteiger partial charge is 0.230 e. The van der Waals surface area contributed by atoms with E-state index in [0.29, 0.717) is 16.5 Å². The van der Waals surface area contributed by atoms with Gasteiger partial charge in [-0.05, 0) is 37.1 Å². The summed E-state index contributed by atoms with van der Waals surface area (Å²) in [5, 5.41) is 3.89. The van der Waals surface area contributed by atoms with Crippen molar-refractivity contribution in [3.8, 4) is 0 Å². The van der Waals surface area contributed by atoms with Gasteiger partial charge in [0.05, 0.1) is 16.8 Å². The van der Waals surface area contributed by atoms with Crippen molar-refractivity contribution in [1.29, 1.82) is 0 Å². The van der Waals surface area contributed by atoms with Gasteiger partial charge in [-0.3, -0.25) is 9.59 Å². The minimum Gasteiger partial charge on any atom is -0.345 e. The van der Waals surface area contributed by atoms with Gasteiger partial charge >= 0.3 is 0 Å². The second kappa shape index (κ2) is 9.11. The van der Waals surface area contributed by atoms with Crippen molar-refractivity contribution in [3.05, 3.63) is 64.1 Å². The van der Waals surface area contributed by atoms with Crippen molar-refractivity contribution in [2.24, 2.45) is 0 Å². The van der Waals surface area contributed by atoms with Gasteiger partial charge in [0.1, 0.15) is 0 Å². The molecule has 2 aromatic carbocycles. The molecule has 2 rings (SSSR count). The fourth-order valence-corrected chi connectivity index (χ4v) is 3.42. The number of rotatable bonds is 7. The molecular formula is C18H17Cl2NO2S. The molecule has 0 saturated carbocycles. The number of ketones is 1. The number of carbonyl (C=O) groups excluding carboxylic acids is 2. The molecular weight excluding hydrogens is 365 g/mol. The van der Waals surface area contributed by atoms with E-state index in [4.69, 9.17) is 23.2 Å². The number of nitrogens with one attached hydrogen (secondary N) is 1. The highest BCUT2D eigenvalue weighted by Gasteiger charge is 2.18. The van der Waals surface area contributed by atoms with Crippen LogP contribution in [0, 0.1) is 0 Å². The Bertz CT molecular complexity index is 722. The lowest BCUT2D eigenvalue weighted by molar-refractivity contribution is -0.125. The summed E-state index contributed by atoms with van der Waals surface area (Å²) in [7, 11) is 0. The van der Waals surface area contributed by atoms with E-state index in [-0.39, 0.29) is 17.4 Å². The van der Waals surface area contributed by atoms with Gasteiger partial charge < -0.3 is 5.32 Å². The number of thioether (sulfide) groups is 1. The van der Waals surface area contributed by atoms with Crippen molar-refractivity contribution >= 4 is 46.7 Å². The molecule has 6 heteroatoms. The van der Waals surface area contributed by atoms with Gasteiger partial charge in [0, 0.05) is 9.92 Å². The molecule has 0 saturated heterocycles. The molecule has 0 aliphatic carbocycles. The van der Waals surface area contributed by atoms with Crippen LogP contribution in [0.3, 0.4) is 0 Å². The molecule has 24 heavy (non-hydrogen) atoms. The molecule has 0 aliphatic heterocycles. The molecule has 0 fully saturated rings. The standard InChI is InChI=1S/C18H17Cl2NO2S/c1-12(22)16(9-13-5-3-2-4-6-13)21-18(23)11-24-17-10-14(19)7-8-15(17)20/h2-8,10,16H,9,11H2,1H3,(H,21,23)/t16-/m0/s1. The Hall–Kier alpha value is -1.49. The summed E-state index contributed by atoms with van der Waals surface area (Å²) >= 11 is 13.3. The van der Waals surface area contributed by atoms with Crippen molar-refractivity contribution in [3.63, 3.8) is 0 Å². The summed E-state index contributed by atoms with van der Waals surface area (Å²) in [5.41, 5.74) is 1.00. The van der Waals surface area contributed by atoms with Crippen LogP contribution in [-0.2, 0) is 16.0 Å². The van der Waals surface area contributed by atoms with Crippen LogP contribution in [0.25, 0.3) is 0 Å². The molecule has 1 atom stereocenters. The number of amides is 1. The van der Waals surface area contributed by atoms with E-state index in [2.05, 4.69) is 5.32 Å². The van der Waals surface area contributed by atoms with Gasteiger partial charge in [-0.15, -0.1) is 11.8 Å². The SMILES string of the molecule is CC(=O)[C@H](Cc1ccccc1)NC(=O)CSc1cc(Cl)ccc1Cl. The quantitative estimate of drug-likeness (QED) is 0.722. The van der Waals surface area contributed by atoms with E-state index < -0.39 is 6.04 Å². The van der Waals surface area contributed by atoms with Crippen molar-refractivity contribution in [2.45, 2.75) is 24.3 Å². The first-order valence-electron chi connectivity index (χ1n) is 7.37. The lowest BCUT2D eigenvalue weighted by atomic mass is 10.0. The minimum absolute atomic E-state index is 0.0713. The predicted molar refractivity (Wildman–Crippen MR) is 99.9 cm³/mol. The highest BCUT2D eigenvalue weighted by molar-refractivity contribution is 8.00. The molecule has 0 aliphatic rings. The Kier molecular flexibility index (Phi) is 7.16. The van der Waals surface area contributed by atoms with E-state index in [1.54, 1.807) is 18.2 Å². The minimum atomic E-state index is -0.532. The van der Waals surface area contributed by atoms with Gasteiger partial charge in [0.15, 0.2) is 5.78 Å². The second-order valence-corrected chi connectivity index (χ2v) is 7.14. The van der Waals surface area contributed by atoms with Crippen molar-refractivity contribution in [2.75, 3.05) is 5.75 Å². The zero-order chi connectivity index (χ0) is 17.5. The third kappa shape index (κ3) is 5.86. The van der Waals surface area contributed by atoms with Crippen LogP contribution in [0.1, 0.15) is 12.5 Å². The van der Waals surface area contributed by atoms with Gasteiger partial charge in [-0.1, -0.05) is 53.5 Å². The third-order valence-electron chi connectivity index (χ3n) is 3.36. The van der Waals surface area contributed by atoms with E-state index in [0.717, 1.165) is 10.5 Å².